The highest BCUT2D eigenvalue weighted by Crippen LogP contribution is 2.37. The van der Waals surface area contributed by atoms with Crippen molar-refractivity contribution in [1.29, 1.82) is 0 Å². The molecular formula is C14H17BrO2. The molecule has 1 atom stereocenters. The highest BCUT2D eigenvalue weighted by Gasteiger charge is 2.14. The standard InChI is InChI=1S/C14H17BrO2/c1-5-6-7-10(2)11-8-12(15)14(17-4)9-13(11)16-3/h8-10H,7H2,1-4H3. The van der Waals surface area contributed by atoms with Crippen molar-refractivity contribution in [3.8, 4) is 23.3 Å². The predicted molar refractivity (Wildman–Crippen MR) is 73.7 cm³/mol. The lowest BCUT2D eigenvalue weighted by molar-refractivity contribution is 0.387. The summed E-state index contributed by atoms with van der Waals surface area (Å²) in [7, 11) is 3.32. The lowest BCUT2D eigenvalue weighted by Gasteiger charge is -2.16. The zero-order valence-corrected chi connectivity index (χ0v) is 12.2. The highest BCUT2D eigenvalue weighted by molar-refractivity contribution is 9.10. The third-order valence-electron chi connectivity index (χ3n) is 2.62. The summed E-state index contributed by atoms with van der Waals surface area (Å²) in [6.07, 6.45) is 0.825. The summed E-state index contributed by atoms with van der Waals surface area (Å²) in [4.78, 5) is 0. The fourth-order valence-corrected chi connectivity index (χ4v) is 2.16. The maximum Gasteiger partial charge on any atom is 0.136 e. The zero-order chi connectivity index (χ0) is 12.8. The van der Waals surface area contributed by atoms with Gasteiger partial charge >= 0.3 is 0 Å². The summed E-state index contributed by atoms with van der Waals surface area (Å²) in [6.45, 7) is 4.00. The second kappa shape index (κ2) is 6.56. The van der Waals surface area contributed by atoms with Crippen LogP contribution in [0.5, 0.6) is 11.5 Å². The van der Waals surface area contributed by atoms with Gasteiger partial charge in [-0.15, -0.1) is 11.8 Å². The van der Waals surface area contributed by atoms with Gasteiger partial charge in [-0.1, -0.05) is 6.92 Å². The van der Waals surface area contributed by atoms with Gasteiger partial charge in [0.1, 0.15) is 11.5 Å². The molecule has 0 aliphatic heterocycles. The van der Waals surface area contributed by atoms with Crippen molar-refractivity contribution in [3.63, 3.8) is 0 Å². The molecule has 92 valence electrons. The summed E-state index contributed by atoms with van der Waals surface area (Å²) < 4.78 is 11.6. The third-order valence-corrected chi connectivity index (χ3v) is 3.24. The third kappa shape index (κ3) is 3.41. The van der Waals surface area contributed by atoms with Gasteiger partial charge in [-0.3, -0.25) is 0 Å². The molecule has 0 bridgehead atoms. The maximum absolute atomic E-state index is 5.39. The first-order valence-corrected chi connectivity index (χ1v) is 6.24. The van der Waals surface area contributed by atoms with E-state index in [0.29, 0.717) is 5.92 Å². The molecule has 1 aromatic rings. The van der Waals surface area contributed by atoms with Crippen LogP contribution in [0.25, 0.3) is 0 Å². The van der Waals surface area contributed by atoms with E-state index in [1.807, 2.05) is 19.1 Å². The molecule has 0 radical (unpaired) electrons. The zero-order valence-electron chi connectivity index (χ0n) is 10.6. The van der Waals surface area contributed by atoms with Gasteiger partial charge in [-0.25, -0.2) is 0 Å². The molecule has 1 unspecified atom stereocenters. The summed E-state index contributed by atoms with van der Waals surface area (Å²) >= 11 is 3.49. The van der Waals surface area contributed by atoms with E-state index in [0.717, 1.165) is 28.0 Å². The van der Waals surface area contributed by atoms with Gasteiger partial charge in [0.2, 0.25) is 0 Å². The van der Waals surface area contributed by atoms with Crippen molar-refractivity contribution < 1.29 is 9.47 Å². The van der Waals surface area contributed by atoms with E-state index in [4.69, 9.17) is 9.47 Å². The summed E-state index contributed by atoms with van der Waals surface area (Å²) in [6, 6.07) is 3.94. The molecular weight excluding hydrogens is 280 g/mol. The van der Waals surface area contributed by atoms with Crippen molar-refractivity contribution in [3.05, 3.63) is 22.2 Å². The Morgan fingerprint density at radius 2 is 1.88 bits per heavy atom. The van der Waals surface area contributed by atoms with E-state index in [1.54, 1.807) is 14.2 Å². The van der Waals surface area contributed by atoms with Crippen molar-refractivity contribution in [1.82, 2.24) is 0 Å². The molecule has 0 aliphatic carbocycles. The van der Waals surface area contributed by atoms with Crippen molar-refractivity contribution in [2.45, 2.75) is 26.2 Å². The second-order valence-corrected chi connectivity index (χ2v) is 4.61. The summed E-state index contributed by atoms with van der Waals surface area (Å²) in [5, 5.41) is 0. The number of hydrogen-bond donors (Lipinski definition) is 0. The van der Waals surface area contributed by atoms with Crippen LogP contribution in [-0.2, 0) is 0 Å². The number of rotatable bonds is 4. The lowest BCUT2D eigenvalue weighted by atomic mass is 9.97. The fourth-order valence-electron chi connectivity index (χ4n) is 1.63. The Morgan fingerprint density at radius 3 is 2.41 bits per heavy atom. The van der Waals surface area contributed by atoms with E-state index in [-0.39, 0.29) is 0 Å². The van der Waals surface area contributed by atoms with E-state index in [1.165, 1.54) is 0 Å². The van der Waals surface area contributed by atoms with Gasteiger partial charge in [0.25, 0.3) is 0 Å². The molecule has 0 N–H and O–H groups in total. The molecule has 2 nitrogen and oxygen atoms in total. The Kier molecular flexibility index (Phi) is 5.37. The number of halogens is 1. The smallest absolute Gasteiger partial charge is 0.136 e. The first-order valence-electron chi connectivity index (χ1n) is 5.45. The Morgan fingerprint density at radius 1 is 1.24 bits per heavy atom. The Balaban J connectivity index is 3.12. The molecule has 0 saturated heterocycles. The van der Waals surface area contributed by atoms with Crippen molar-refractivity contribution >= 4 is 15.9 Å². The molecule has 0 spiro atoms. The molecule has 1 rings (SSSR count). The highest BCUT2D eigenvalue weighted by atomic mass is 79.9. The molecule has 3 heteroatoms. The molecule has 0 heterocycles. The minimum atomic E-state index is 0.333. The van der Waals surface area contributed by atoms with Crippen LogP contribution in [-0.4, -0.2) is 14.2 Å². The van der Waals surface area contributed by atoms with E-state index < -0.39 is 0 Å². The number of hydrogen-bond acceptors (Lipinski definition) is 2. The first-order chi connectivity index (χ1) is 8.13. The number of ether oxygens (including phenoxy) is 2. The van der Waals surface area contributed by atoms with E-state index in [9.17, 15) is 0 Å². The van der Waals surface area contributed by atoms with E-state index in [2.05, 4.69) is 34.7 Å². The van der Waals surface area contributed by atoms with Crippen LogP contribution in [0, 0.1) is 11.8 Å². The lowest BCUT2D eigenvalue weighted by Crippen LogP contribution is -1.98. The minimum absolute atomic E-state index is 0.333. The van der Waals surface area contributed by atoms with Crippen molar-refractivity contribution in [2.24, 2.45) is 0 Å². The van der Waals surface area contributed by atoms with Crippen LogP contribution in [0.1, 0.15) is 31.7 Å². The van der Waals surface area contributed by atoms with Gasteiger partial charge in [-0.05, 0) is 40.4 Å². The normalized spacial score (nSPS) is 11.4. The summed E-state index contributed by atoms with van der Waals surface area (Å²) in [5.74, 6) is 7.96. The molecule has 0 aliphatic rings. The predicted octanol–water partition coefficient (Wildman–Crippen LogP) is 3.98. The quantitative estimate of drug-likeness (QED) is 0.783. The average Bonchev–Trinajstić information content (AvgIpc) is 2.35. The molecule has 1 aromatic carbocycles. The van der Waals surface area contributed by atoms with Crippen LogP contribution in [0.3, 0.4) is 0 Å². The van der Waals surface area contributed by atoms with Gasteiger partial charge in [0.15, 0.2) is 0 Å². The van der Waals surface area contributed by atoms with Crippen molar-refractivity contribution in [2.75, 3.05) is 14.2 Å². The number of benzene rings is 1. The second-order valence-electron chi connectivity index (χ2n) is 3.76. The Labute approximate surface area is 111 Å². The summed E-state index contributed by atoms with van der Waals surface area (Å²) in [5.41, 5.74) is 1.14. The molecule has 0 saturated carbocycles. The topological polar surface area (TPSA) is 18.5 Å². The van der Waals surface area contributed by atoms with Gasteiger partial charge in [0, 0.05) is 12.5 Å². The van der Waals surface area contributed by atoms with Crippen LogP contribution >= 0.6 is 15.9 Å². The first kappa shape index (κ1) is 13.9. The van der Waals surface area contributed by atoms with Gasteiger partial charge < -0.3 is 9.47 Å². The maximum atomic E-state index is 5.39. The van der Waals surface area contributed by atoms with E-state index >= 15 is 0 Å². The Hall–Kier alpha value is -1.14. The molecule has 0 aromatic heterocycles. The minimum Gasteiger partial charge on any atom is -0.496 e. The Bertz CT molecular complexity index is 444. The van der Waals surface area contributed by atoms with Gasteiger partial charge in [0.05, 0.1) is 18.7 Å². The van der Waals surface area contributed by atoms with Crippen LogP contribution in [0.2, 0.25) is 0 Å². The van der Waals surface area contributed by atoms with Crippen LogP contribution in [0.15, 0.2) is 16.6 Å². The SMILES string of the molecule is CC#CCC(C)c1cc(Br)c(OC)cc1OC. The average molecular weight is 297 g/mol. The number of methoxy groups -OCH3 is 2. The molecule has 17 heavy (non-hydrogen) atoms. The molecule has 0 amide bonds. The van der Waals surface area contributed by atoms with Crippen LogP contribution < -0.4 is 9.47 Å². The monoisotopic (exact) mass is 296 g/mol. The largest absolute Gasteiger partial charge is 0.496 e. The van der Waals surface area contributed by atoms with Crippen LogP contribution in [0.4, 0.5) is 0 Å². The fraction of sp³-hybridized carbons (Fsp3) is 0.429. The molecule has 0 fully saturated rings. The van der Waals surface area contributed by atoms with Gasteiger partial charge in [-0.2, -0.15) is 0 Å².